The van der Waals surface area contributed by atoms with Gasteiger partial charge in [0.1, 0.15) is 0 Å². The lowest BCUT2D eigenvalue weighted by Crippen LogP contribution is -2.31. The molecule has 1 unspecified atom stereocenters. The summed E-state index contributed by atoms with van der Waals surface area (Å²) in [7, 11) is 0. The van der Waals surface area contributed by atoms with E-state index in [2.05, 4.69) is 34.6 Å². The molecule has 0 spiro atoms. The molecule has 102 valence electrons. The highest BCUT2D eigenvalue weighted by Gasteiger charge is 2.20. The minimum absolute atomic E-state index is 0.119. The summed E-state index contributed by atoms with van der Waals surface area (Å²) in [5.41, 5.74) is 6.81. The maximum atomic E-state index is 5.75. The number of hydrazine groups is 1. The highest BCUT2D eigenvalue weighted by Crippen LogP contribution is 2.24. The summed E-state index contributed by atoms with van der Waals surface area (Å²) in [6.45, 7) is 6.86. The fraction of sp³-hybridized carbons (Fsp3) is 0.462. The van der Waals surface area contributed by atoms with E-state index in [1.807, 2.05) is 23.7 Å². The Kier molecular flexibility index (Phi) is 4.24. The number of hydrogen-bond donors (Lipinski definition) is 2. The zero-order chi connectivity index (χ0) is 13.8. The van der Waals surface area contributed by atoms with E-state index in [1.165, 1.54) is 0 Å². The van der Waals surface area contributed by atoms with Gasteiger partial charge in [0, 0.05) is 18.3 Å². The van der Waals surface area contributed by atoms with Crippen LogP contribution in [-0.2, 0) is 13.0 Å². The first-order valence-corrected chi connectivity index (χ1v) is 6.52. The fourth-order valence-corrected chi connectivity index (χ4v) is 2.25. The van der Waals surface area contributed by atoms with Gasteiger partial charge in [-0.25, -0.2) is 5.43 Å². The van der Waals surface area contributed by atoms with Gasteiger partial charge in [-0.15, -0.1) is 0 Å². The Hall–Kier alpha value is -1.79. The van der Waals surface area contributed by atoms with Gasteiger partial charge in [-0.2, -0.15) is 15.3 Å². The molecule has 2 aromatic heterocycles. The van der Waals surface area contributed by atoms with Crippen LogP contribution in [0.1, 0.15) is 42.5 Å². The van der Waals surface area contributed by atoms with Gasteiger partial charge >= 0.3 is 0 Å². The number of nitrogens with two attached hydrogens (primary N) is 1. The van der Waals surface area contributed by atoms with E-state index in [1.54, 1.807) is 6.20 Å². The molecular formula is C13H20N6. The van der Waals surface area contributed by atoms with Crippen molar-refractivity contribution in [2.45, 2.75) is 39.8 Å². The van der Waals surface area contributed by atoms with Crippen molar-refractivity contribution in [1.29, 1.82) is 0 Å². The first-order valence-electron chi connectivity index (χ1n) is 6.52. The number of aryl methyl sites for hydroxylation is 3. The quantitative estimate of drug-likeness (QED) is 0.622. The molecule has 2 heterocycles. The van der Waals surface area contributed by atoms with E-state index < -0.39 is 0 Å². The highest BCUT2D eigenvalue weighted by molar-refractivity contribution is 5.31. The van der Waals surface area contributed by atoms with E-state index in [-0.39, 0.29) is 6.04 Å². The second-order valence-electron chi connectivity index (χ2n) is 4.41. The Balaban J connectivity index is 2.50. The molecule has 0 fully saturated rings. The molecule has 19 heavy (non-hydrogen) atoms. The van der Waals surface area contributed by atoms with Crippen LogP contribution in [0, 0.1) is 6.92 Å². The van der Waals surface area contributed by atoms with Crippen LogP contribution >= 0.6 is 0 Å². The van der Waals surface area contributed by atoms with Crippen LogP contribution in [-0.4, -0.2) is 20.0 Å². The molecule has 0 aliphatic heterocycles. The molecule has 0 aromatic carbocycles. The van der Waals surface area contributed by atoms with Crippen LogP contribution < -0.4 is 11.3 Å². The van der Waals surface area contributed by atoms with Gasteiger partial charge in [0.05, 0.1) is 23.1 Å². The third-order valence-corrected chi connectivity index (χ3v) is 3.18. The lowest BCUT2D eigenvalue weighted by Gasteiger charge is -2.19. The Morgan fingerprint density at radius 3 is 2.79 bits per heavy atom. The molecule has 0 amide bonds. The van der Waals surface area contributed by atoms with Gasteiger partial charge < -0.3 is 0 Å². The van der Waals surface area contributed by atoms with Crippen molar-refractivity contribution in [1.82, 2.24) is 25.4 Å². The lowest BCUT2D eigenvalue weighted by atomic mass is 10.0. The average Bonchev–Trinajstić information content (AvgIpc) is 2.88. The summed E-state index contributed by atoms with van der Waals surface area (Å²) >= 11 is 0. The molecule has 0 aliphatic carbocycles. The molecule has 2 rings (SSSR count). The predicted octanol–water partition coefficient (Wildman–Crippen LogP) is 1.12. The minimum atomic E-state index is -0.119. The fourth-order valence-electron chi connectivity index (χ4n) is 2.25. The number of nitrogens with one attached hydrogen (secondary N) is 1. The molecule has 0 radical (unpaired) electrons. The van der Waals surface area contributed by atoms with Crippen molar-refractivity contribution in [3.05, 3.63) is 41.0 Å². The summed E-state index contributed by atoms with van der Waals surface area (Å²) in [5.74, 6) is 5.75. The number of aromatic nitrogens is 4. The van der Waals surface area contributed by atoms with E-state index in [4.69, 9.17) is 5.84 Å². The van der Waals surface area contributed by atoms with Crippen molar-refractivity contribution in [3.63, 3.8) is 0 Å². The Morgan fingerprint density at radius 1 is 1.37 bits per heavy atom. The first kappa shape index (κ1) is 13.6. The highest BCUT2D eigenvalue weighted by atomic mass is 15.3. The van der Waals surface area contributed by atoms with Gasteiger partial charge in [-0.3, -0.25) is 10.5 Å². The molecule has 1 atom stereocenters. The molecule has 6 heteroatoms. The van der Waals surface area contributed by atoms with E-state index in [0.29, 0.717) is 0 Å². The first-order chi connectivity index (χ1) is 9.21. The average molecular weight is 260 g/mol. The van der Waals surface area contributed by atoms with E-state index in [9.17, 15) is 0 Å². The molecule has 0 bridgehead atoms. The number of rotatable bonds is 5. The monoisotopic (exact) mass is 260 g/mol. The Labute approximate surface area is 113 Å². The summed E-state index contributed by atoms with van der Waals surface area (Å²) in [6.07, 6.45) is 2.61. The van der Waals surface area contributed by atoms with Crippen LogP contribution in [0.25, 0.3) is 0 Å². The lowest BCUT2D eigenvalue weighted by molar-refractivity contribution is 0.537. The Morgan fingerprint density at radius 2 is 2.16 bits per heavy atom. The van der Waals surface area contributed by atoms with Gasteiger partial charge in [0.25, 0.3) is 0 Å². The van der Waals surface area contributed by atoms with Crippen LogP contribution in [0.15, 0.2) is 18.3 Å². The standard InChI is InChI=1S/C13H20N6/c1-4-11-10(8-9(3)17-18-11)13(16-14)12-6-7-15-19(12)5-2/h6-8,13,16H,4-5,14H2,1-3H3. The van der Waals surface area contributed by atoms with Gasteiger partial charge in [-0.05, 0) is 32.4 Å². The summed E-state index contributed by atoms with van der Waals surface area (Å²) in [5, 5.41) is 12.7. The number of nitrogens with zero attached hydrogens (tertiary/aromatic N) is 4. The summed E-state index contributed by atoms with van der Waals surface area (Å²) in [6, 6.07) is 3.89. The molecule has 3 N–H and O–H groups in total. The normalized spacial score (nSPS) is 12.6. The molecule has 0 saturated heterocycles. The second kappa shape index (κ2) is 5.90. The maximum Gasteiger partial charge on any atom is 0.0897 e. The SMILES string of the molecule is CCc1nnc(C)cc1C(NN)c1ccnn1CC. The zero-order valence-electron chi connectivity index (χ0n) is 11.6. The van der Waals surface area contributed by atoms with E-state index >= 15 is 0 Å². The van der Waals surface area contributed by atoms with Crippen molar-refractivity contribution in [2.75, 3.05) is 0 Å². The van der Waals surface area contributed by atoms with Crippen LogP contribution in [0.3, 0.4) is 0 Å². The molecule has 2 aromatic rings. The largest absolute Gasteiger partial charge is 0.271 e. The topological polar surface area (TPSA) is 81.7 Å². The minimum Gasteiger partial charge on any atom is -0.271 e. The van der Waals surface area contributed by atoms with Gasteiger partial charge in [-0.1, -0.05) is 6.92 Å². The summed E-state index contributed by atoms with van der Waals surface area (Å²) in [4.78, 5) is 0. The molecule has 0 saturated carbocycles. The van der Waals surface area contributed by atoms with Crippen molar-refractivity contribution >= 4 is 0 Å². The van der Waals surface area contributed by atoms with Crippen molar-refractivity contribution in [2.24, 2.45) is 5.84 Å². The van der Waals surface area contributed by atoms with Crippen LogP contribution in [0.2, 0.25) is 0 Å². The molecule has 6 nitrogen and oxygen atoms in total. The van der Waals surface area contributed by atoms with Gasteiger partial charge in [0.2, 0.25) is 0 Å². The predicted molar refractivity (Wildman–Crippen MR) is 73.2 cm³/mol. The molecular weight excluding hydrogens is 240 g/mol. The summed E-state index contributed by atoms with van der Waals surface area (Å²) < 4.78 is 1.93. The smallest absolute Gasteiger partial charge is 0.0897 e. The molecule has 0 aliphatic rings. The van der Waals surface area contributed by atoms with Crippen molar-refractivity contribution < 1.29 is 0 Å². The van der Waals surface area contributed by atoms with Crippen LogP contribution in [0.5, 0.6) is 0 Å². The third kappa shape index (κ3) is 2.64. The maximum absolute atomic E-state index is 5.75. The van der Waals surface area contributed by atoms with Crippen molar-refractivity contribution in [3.8, 4) is 0 Å². The number of hydrogen-bond acceptors (Lipinski definition) is 5. The third-order valence-electron chi connectivity index (χ3n) is 3.18. The second-order valence-corrected chi connectivity index (χ2v) is 4.41. The van der Waals surface area contributed by atoms with E-state index in [0.717, 1.165) is 35.6 Å². The Bertz CT molecular complexity index is 548. The zero-order valence-corrected chi connectivity index (χ0v) is 11.6. The van der Waals surface area contributed by atoms with Gasteiger partial charge in [0.15, 0.2) is 0 Å². The van der Waals surface area contributed by atoms with Crippen LogP contribution in [0.4, 0.5) is 0 Å².